The molecule has 7 heteroatoms. The van der Waals surface area contributed by atoms with Gasteiger partial charge in [0, 0.05) is 28.4 Å². The molecule has 0 amide bonds. The number of hydrogen-bond acceptors (Lipinski definition) is 4. The molecule has 1 heterocycles. The number of rotatable bonds is 8. The quantitative estimate of drug-likeness (QED) is 0.506. The first kappa shape index (κ1) is 20.2. The molecule has 0 saturated heterocycles. The number of ether oxygens (including phenoxy) is 2. The van der Waals surface area contributed by atoms with Gasteiger partial charge in [-0.2, -0.15) is 0 Å². The Hall–Kier alpha value is -3.12. The summed E-state index contributed by atoms with van der Waals surface area (Å²) in [4.78, 5) is 15.3. The number of halogens is 2. The van der Waals surface area contributed by atoms with Crippen molar-refractivity contribution < 1.29 is 23.8 Å². The molecule has 1 fully saturated rings. The van der Waals surface area contributed by atoms with Crippen LogP contribution in [-0.2, 0) is 6.61 Å². The van der Waals surface area contributed by atoms with Crippen LogP contribution < -0.4 is 9.47 Å². The fourth-order valence-electron chi connectivity index (χ4n) is 2.91. The Balaban J connectivity index is 1.43. The van der Waals surface area contributed by atoms with Gasteiger partial charge in [0.05, 0.1) is 12.2 Å². The average molecular weight is 428 g/mol. The van der Waals surface area contributed by atoms with Crippen molar-refractivity contribution in [3.05, 3.63) is 76.7 Å². The zero-order chi connectivity index (χ0) is 21.1. The molecule has 0 aliphatic heterocycles. The average Bonchev–Trinajstić information content (AvgIpc) is 3.57. The highest BCUT2D eigenvalue weighted by molar-refractivity contribution is 6.31. The highest BCUT2D eigenvalue weighted by Gasteiger charge is 2.22. The predicted molar refractivity (Wildman–Crippen MR) is 111 cm³/mol. The molecule has 2 aromatic carbocycles. The summed E-state index contributed by atoms with van der Waals surface area (Å²) < 4.78 is 25.3. The van der Waals surface area contributed by atoms with Gasteiger partial charge >= 0.3 is 5.97 Å². The maximum Gasteiger partial charge on any atom is 0.338 e. The normalized spacial score (nSPS) is 13.1. The van der Waals surface area contributed by atoms with E-state index in [2.05, 4.69) is 4.98 Å². The van der Waals surface area contributed by atoms with Gasteiger partial charge in [0.25, 0.3) is 0 Å². The molecule has 1 N–H and O–H groups in total. The molecule has 1 aliphatic carbocycles. The summed E-state index contributed by atoms with van der Waals surface area (Å²) in [5.74, 6) is -0.371. The van der Waals surface area contributed by atoms with Crippen LogP contribution in [0.3, 0.4) is 0 Å². The third-order valence-electron chi connectivity index (χ3n) is 4.83. The summed E-state index contributed by atoms with van der Waals surface area (Å²) >= 11 is 6.07. The van der Waals surface area contributed by atoms with Crippen LogP contribution in [0.2, 0.25) is 5.02 Å². The molecule has 1 aromatic heterocycles. The molecule has 5 nitrogen and oxygen atoms in total. The van der Waals surface area contributed by atoms with E-state index >= 15 is 0 Å². The van der Waals surface area contributed by atoms with E-state index in [4.69, 9.17) is 26.2 Å². The van der Waals surface area contributed by atoms with Crippen LogP contribution in [0.5, 0.6) is 11.6 Å². The number of carboxylic acid groups (broad SMARTS) is 1. The van der Waals surface area contributed by atoms with Crippen molar-refractivity contribution >= 4 is 17.6 Å². The Kier molecular flexibility index (Phi) is 5.86. The van der Waals surface area contributed by atoms with E-state index in [0.29, 0.717) is 29.7 Å². The molecule has 0 spiro atoms. The molecular formula is C23H19ClFNO4. The van der Waals surface area contributed by atoms with Crippen LogP contribution >= 0.6 is 11.6 Å². The lowest BCUT2D eigenvalue weighted by atomic mass is 10.1. The summed E-state index contributed by atoms with van der Waals surface area (Å²) in [5, 5.41) is 9.09. The van der Waals surface area contributed by atoms with Crippen molar-refractivity contribution in [3.63, 3.8) is 0 Å². The van der Waals surface area contributed by atoms with Crippen LogP contribution in [0, 0.1) is 11.7 Å². The molecule has 0 radical (unpaired) electrons. The number of carbonyl (C=O) groups is 1. The van der Waals surface area contributed by atoms with Gasteiger partial charge in [0.2, 0.25) is 5.88 Å². The first-order valence-electron chi connectivity index (χ1n) is 9.53. The zero-order valence-corrected chi connectivity index (χ0v) is 16.7. The van der Waals surface area contributed by atoms with E-state index in [-0.39, 0.29) is 11.6 Å². The van der Waals surface area contributed by atoms with Crippen molar-refractivity contribution in [2.75, 3.05) is 6.61 Å². The topological polar surface area (TPSA) is 68.7 Å². The van der Waals surface area contributed by atoms with Crippen LogP contribution in [0.4, 0.5) is 4.39 Å². The molecule has 0 atom stereocenters. The second-order valence-electron chi connectivity index (χ2n) is 7.18. The van der Waals surface area contributed by atoms with Gasteiger partial charge in [0.15, 0.2) is 0 Å². The lowest BCUT2D eigenvalue weighted by Crippen LogP contribution is -2.04. The molecule has 1 saturated carbocycles. The predicted octanol–water partition coefficient (Wildman–Crippen LogP) is 5.61. The summed E-state index contributed by atoms with van der Waals surface area (Å²) in [6.07, 6.45) is 4.21. The minimum Gasteiger partial charge on any atom is -0.489 e. The second-order valence-corrected chi connectivity index (χ2v) is 7.59. The summed E-state index contributed by atoms with van der Waals surface area (Å²) in [5.41, 5.74) is 1.72. The van der Waals surface area contributed by atoms with Crippen molar-refractivity contribution in [1.29, 1.82) is 0 Å². The highest BCUT2D eigenvalue weighted by Crippen LogP contribution is 2.30. The molecule has 1 aliphatic rings. The Morgan fingerprint density at radius 3 is 2.67 bits per heavy atom. The first-order valence-corrected chi connectivity index (χ1v) is 9.90. The number of carboxylic acids is 1. The largest absolute Gasteiger partial charge is 0.489 e. The van der Waals surface area contributed by atoms with Gasteiger partial charge in [-0.3, -0.25) is 0 Å². The lowest BCUT2D eigenvalue weighted by molar-refractivity contribution is 0.0691. The zero-order valence-electron chi connectivity index (χ0n) is 16.0. The Morgan fingerprint density at radius 1 is 1.13 bits per heavy atom. The number of pyridine rings is 1. The molecule has 0 unspecified atom stereocenters. The number of nitrogens with zero attached hydrogens (tertiary/aromatic N) is 1. The fourth-order valence-corrected chi connectivity index (χ4v) is 3.13. The summed E-state index contributed by atoms with van der Waals surface area (Å²) in [7, 11) is 0. The molecular weight excluding hydrogens is 409 g/mol. The molecule has 154 valence electrons. The Bertz CT molecular complexity index is 1070. The van der Waals surface area contributed by atoms with Crippen molar-refractivity contribution in [1.82, 2.24) is 4.98 Å². The number of aromatic carboxylic acids is 1. The molecule has 3 aromatic rings. The van der Waals surface area contributed by atoms with E-state index in [0.717, 1.165) is 23.3 Å². The lowest BCUT2D eigenvalue weighted by Gasteiger charge is -2.11. The van der Waals surface area contributed by atoms with Gasteiger partial charge in [-0.1, -0.05) is 23.7 Å². The van der Waals surface area contributed by atoms with Crippen molar-refractivity contribution in [3.8, 4) is 22.8 Å². The minimum atomic E-state index is -1.37. The van der Waals surface area contributed by atoms with Gasteiger partial charge in [-0.25, -0.2) is 14.2 Å². The summed E-state index contributed by atoms with van der Waals surface area (Å²) in [6.45, 7) is 0.720. The number of benzene rings is 2. The van der Waals surface area contributed by atoms with Gasteiger partial charge in [-0.05, 0) is 54.7 Å². The Labute approximate surface area is 178 Å². The van der Waals surface area contributed by atoms with Gasteiger partial charge < -0.3 is 14.6 Å². The molecule has 0 bridgehead atoms. The molecule has 30 heavy (non-hydrogen) atoms. The summed E-state index contributed by atoms with van der Waals surface area (Å²) in [6, 6.07) is 13.4. The first-order chi connectivity index (χ1) is 14.5. The van der Waals surface area contributed by atoms with E-state index in [1.165, 1.54) is 12.8 Å². The van der Waals surface area contributed by atoms with E-state index in [9.17, 15) is 9.18 Å². The van der Waals surface area contributed by atoms with Crippen LogP contribution in [0.15, 0.2) is 54.7 Å². The monoisotopic (exact) mass is 427 g/mol. The van der Waals surface area contributed by atoms with E-state index in [1.54, 1.807) is 12.3 Å². The standard InChI is InChI=1S/C23H19ClFNO4/c24-20-10-19(23(27)28)21(25)9-17(20)13-29-18-3-1-2-15(8-18)16-6-7-22(26-11-16)30-12-14-4-5-14/h1-3,6-11,14H,4-5,12-13H2,(H,27,28). The van der Waals surface area contributed by atoms with Gasteiger partial charge in [0.1, 0.15) is 18.2 Å². The van der Waals surface area contributed by atoms with Crippen molar-refractivity contribution in [2.45, 2.75) is 19.4 Å². The maximum absolute atomic E-state index is 13.9. The third-order valence-corrected chi connectivity index (χ3v) is 5.18. The third kappa shape index (κ3) is 4.89. The van der Waals surface area contributed by atoms with E-state index < -0.39 is 17.3 Å². The molecule has 4 rings (SSSR count). The van der Waals surface area contributed by atoms with Crippen LogP contribution in [0.25, 0.3) is 11.1 Å². The smallest absolute Gasteiger partial charge is 0.338 e. The fraction of sp³-hybridized carbons (Fsp3) is 0.217. The van der Waals surface area contributed by atoms with Crippen LogP contribution in [0.1, 0.15) is 28.8 Å². The SMILES string of the molecule is O=C(O)c1cc(Cl)c(COc2cccc(-c3ccc(OCC4CC4)nc3)c2)cc1F. The van der Waals surface area contributed by atoms with Crippen LogP contribution in [-0.4, -0.2) is 22.7 Å². The number of aromatic nitrogens is 1. The van der Waals surface area contributed by atoms with Crippen molar-refractivity contribution in [2.24, 2.45) is 5.92 Å². The second kappa shape index (κ2) is 8.71. The highest BCUT2D eigenvalue weighted by atomic mass is 35.5. The Morgan fingerprint density at radius 2 is 1.97 bits per heavy atom. The number of hydrogen-bond donors (Lipinski definition) is 1. The minimum absolute atomic E-state index is 0.00526. The maximum atomic E-state index is 13.9. The van der Waals surface area contributed by atoms with Gasteiger partial charge in [-0.15, -0.1) is 0 Å². The van der Waals surface area contributed by atoms with E-state index in [1.807, 2.05) is 30.3 Å².